The minimum Gasteiger partial charge on any atom is -0.326 e. The molecule has 0 unspecified atom stereocenters. The van der Waals surface area contributed by atoms with Crippen LogP contribution in [0.15, 0.2) is 27.7 Å². The van der Waals surface area contributed by atoms with E-state index in [0.29, 0.717) is 16.9 Å². The largest absolute Gasteiger partial charge is 0.326 e. The van der Waals surface area contributed by atoms with Crippen LogP contribution in [0.1, 0.15) is 16.8 Å². The molecular weight excluding hydrogens is 344 g/mol. The average molecular weight is 359 g/mol. The maximum absolute atomic E-state index is 12.3. The fraction of sp³-hybridized carbons (Fsp3) is 0.250. The van der Waals surface area contributed by atoms with Crippen molar-refractivity contribution in [3.63, 3.8) is 0 Å². The Bertz CT molecular complexity index is 740. The molecular formula is C12H15BrN4O2S. The van der Waals surface area contributed by atoms with E-state index in [0.717, 1.165) is 10.0 Å². The number of H-pyrrole nitrogens is 1. The van der Waals surface area contributed by atoms with Crippen molar-refractivity contribution in [1.29, 1.82) is 0 Å². The first-order chi connectivity index (χ1) is 9.35. The van der Waals surface area contributed by atoms with E-state index in [1.54, 1.807) is 19.1 Å². The molecule has 0 saturated carbocycles. The lowest BCUT2D eigenvalue weighted by Gasteiger charge is -2.08. The lowest BCUT2D eigenvalue weighted by atomic mass is 10.2. The Kier molecular flexibility index (Phi) is 4.17. The van der Waals surface area contributed by atoms with Gasteiger partial charge >= 0.3 is 0 Å². The molecule has 1 heterocycles. The zero-order valence-corrected chi connectivity index (χ0v) is 13.5. The maximum atomic E-state index is 12.3. The van der Waals surface area contributed by atoms with Crippen molar-refractivity contribution in [3.05, 3.63) is 39.5 Å². The first-order valence-electron chi connectivity index (χ1n) is 5.88. The summed E-state index contributed by atoms with van der Waals surface area (Å²) in [5, 5.41) is 6.41. The molecule has 0 aliphatic heterocycles. The summed E-state index contributed by atoms with van der Waals surface area (Å²) in [5.41, 5.74) is 8.19. The van der Waals surface area contributed by atoms with Crippen molar-refractivity contribution in [2.45, 2.75) is 25.4 Å². The quantitative estimate of drug-likeness (QED) is 0.778. The van der Waals surface area contributed by atoms with Gasteiger partial charge in [0.15, 0.2) is 0 Å². The summed E-state index contributed by atoms with van der Waals surface area (Å²) in [4.78, 5) is 0. The lowest BCUT2D eigenvalue weighted by Crippen LogP contribution is -2.16. The van der Waals surface area contributed by atoms with Gasteiger partial charge in [-0.1, -0.05) is 22.0 Å². The number of aryl methyl sites for hydroxylation is 2. The number of nitrogens with two attached hydrogens (primary N) is 1. The summed E-state index contributed by atoms with van der Waals surface area (Å²) in [6.45, 7) is 3.76. The Morgan fingerprint density at radius 2 is 2.10 bits per heavy atom. The molecule has 0 fully saturated rings. The fourth-order valence-electron chi connectivity index (χ4n) is 1.75. The van der Waals surface area contributed by atoms with E-state index >= 15 is 0 Å². The van der Waals surface area contributed by atoms with E-state index < -0.39 is 10.0 Å². The van der Waals surface area contributed by atoms with Gasteiger partial charge in [0, 0.05) is 22.3 Å². The van der Waals surface area contributed by atoms with E-state index in [4.69, 9.17) is 5.73 Å². The number of nitrogens with one attached hydrogen (secondary N) is 2. The Balaban J connectivity index is 2.38. The van der Waals surface area contributed by atoms with E-state index in [1.165, 1.54) is 0 Å². The van der Waals surface area contributed by atoms with Gasteiger partial charge in [0.05, 0.1) is 5.69 Å². The topological polar surface area (TPSA) is 101 Å². The number of halogens is 1. The zero-order chi connectivity index (χ0) is 14.9. The number of hydrogen-bond acceptors (Lipinski definition) is 4. The molecule has 0 radical (unpaired) electrons. The van der Waals surface area contributed by atoms with Crippen molar-refractivity contribution in [2.75, 3.05) is 4.72 Å². The van der Waals surface area contributed by atoms with Crippen LogP contribution in [0.5, 0.6) is 0 Å². The second kappa shape index (κ2) is 5.55. The van der Waals surface area contributed by atoms with E-state index in [9.17, 15) is 8.42 Å². The van der Waals surface area contributed by atoms with Crippen molar-refractivity contribution in [2.24, 2.45) is 5.73 Å². The number of aromatic nitrogens is 2. The average Bonchev–Trinajstić information content (AvgIpc) is 2.75. The summed E-state index contributed by atoms with van der Waals surface area (Å²) >= 11 is 3.37. The number of hydrogen-bond donors (Lipinski definition) is 3. The molecule has 8 heteroatoms. The van der Waals surface area contributed by atoms with Gasteiger partial charge in [-0.3, -0.25) is 9.82 Å². The van der Waals surface area contributed by atoms with Crippen LogP contribution in [0, 0.1) is 13.8 Å². The van der Waals surface area contributed by atoms with Crippen molar-refractivity contribution in [3.8, 4) is 0 Å². The summed E-state index contributed by atoms with van der Waals surface area (Å²) in [7, 11) is -3.76. The number of benzene rings is 1. The molecule has 0 aliphatic carbocycles. The molecule has 2 aromatic rings. The van der Waals surface area contributed by atoms with Crippen LogP contribution in [0.3, 0.4) is 0 Å². The summed E-state index contributed by atoms with van der Waals surface area (Å²) in [6.07, 6.45) is 0. The van der Waals surface area contributed by atoms with E-state index in [2.05, 4.69) is 30.8 Å². The number of anilines is 1. The first kappa shape index (κ1) is 15.0. The third-order valence-electron chi connectivity index (χ3n) is 2.92. The van der Waals surface area contributed by atoms with Gasteiger partial charge in [-0.25, -0.2) is 0 Å². The summed E-state index contributed by atoms with van der Waals surface area (Å²) in [6, 6.07) is 5.22. The molecule has 108 valence electrons. The van der Waals surface area contributed by atoms with Gasteiger partial charge in [0.2, 0.25) is 5.03 Å². The maximum Gasteiger partial charge on any atom is 0.281 e. The van der Waals surface area contributed by atoms with Gasteiger partial charge < -0.3 is 5.73 Å². The SMILES string of the molecule is Cc1ccc(NS(=O)(=O)c2n[nH]c(C)c2CN)cc1Br. The highest BCUT2D eigenvalue weighted by atomic mass is 79.9. The number of aromatic amines is 1. The second-order valence-corrected chi connectivity index (χ2v) is 6.86. The van der Waals surface area contributed by atoms with Crippen molar-refractivity contribution in [1.82, 2.24) is 10.2 Å². The Morgan fingerprint density at radius 3 is 2.70 bits per heavy atom. The lowest BCUT2D eigenvalue weighted by molar-refractivity contribution is 0.596. The van der Waals surface area contributed by atoms with E-state index in [-0.39, 0.29) is 11.6 Å². The Labute approximate surface area is 125 Å². The van der Waals surface area contributed by atoms with Crippen LogP contribution in [0.4, 0.5) is 5.69 Å². The molecule has 1 aromatic heterocycles. The van der Waals surface area contributed by atoms with Crippen molar-refractivity contribution >= 4 is 31.6 Å². The molecule has 0 saturated heterocycles. The molecule has 0 atom stereocenters. The molecule has 6 nitrogen and oxygen atoms in total. The molecule has 1 aromatic carbocycles. The van der Waals surface area contributed by atoms with Gasteiger partial charge in [-0.05, 0) is 31.5 Å². The van der Waals surface area contributed by atoms with Crippen LogP contribution in [0.2, 0.25) is 0 Å². The smallest absolute Gasteiger partial charge is 0.281 e. The fourth-order valence-corrected chi connectivity index (χ4v) is 3.39. The number of nitrogens with zero attached hydrogens (tertiary/aromatic N) is 1. The minimum absolute atomic E-state index is 0.0609. The van der Waals surface area contributed by atoms with Crippen LogP contribution in [0.25, 0.3) is 0 Å². The molecule has 0 aliphatic rings. The predicted molar refractivity (Wildman–Crippen MR) is 80.9 cm³/mol. The zero-order valence-electron chi connectivity index (χ0n) is 11.1. The standard InChI is InChI=1S/C12H15BrN4O2S/c1-7-3-4-9(5-11(7)13)17-20(18,19)12-10(6-14)8(2)15-16-12/h3-5,17H,6,14H2,1-2H3,(H,15,16). The Morgan fingerprint density at radius 1 is 1.40 bits per heavy atom. The Hall–Kier alpha value is -1.38. The third kappa shape index (κ3) is 2.87. The molecule has 4 N–H and O–H groups in total. The second-order valence-electron chi connectivity index (χ2n) is 4.41. The van der Waals surface area contributed by atoms with Crippen LogP contribution < -0.4 is 10.5 Å². The summed E-state index contributed by atoms with van der Waals surface area (Å²) in [5.74, 6) is 0. The van der Waals surface area contributed by atoms with Gasteiger partial charge in [-0.15, -0.1) is 0 Å². The monoisotopic (exact) mass is 358 g/mol. The van der Waals surface area contributed by atoms with Crippen LogP contribution in [-0.2, 0) is 16.6 Å². The molecule has 2 rings (SSSR count). The van der Waals surface area contributed by atoms with E-state index in [1.807, 2.05) is 13.0 Å². The number of sulfonamides is 1. The number of rotatable bonds is 4. The molecule has 0 spiro atoms. The van der Waals surface area contributed by atoms with Gasteiger partial charge in [0.25, 0.3) is 10.0 Å². The van der Waals surface area contributed by atoms with Crippen molar-refractivity contribution < 1.29 is 8.42 Å². The highest BCUT2D eigenvalue weighted by Gasteiger charge is 2.23. The predicted octanol–water partition coefficient (Wildman–Crippen LogP) is 2.05. The minimum atomic E-state index is -3.76. The van der Waals surface area contributed by atoms with Crippen LogP contribution >= 0.6 is 15.9 Å². The highest BCUT2D eigenvalue weighted by molar-refractivity contribution is 9.10. The first-order valence-corrected chi connectivity index (χ1v) is 8.15. The van der Waals surface area contributed by atoms with Gasteiger partial charge in [-0.2, -0.15) is 13.5 Å². The van der Waals surface area contributed by atoms with Gasteiger partial charge in [0.1, 0.15) is 0 Å². The molecule has 20 heavy (non-hydrogen) atoms. The normalized spacial score (nSPS) is 11.6. The summed E-state index contributed by atoms with van der Waals surface area (Å²) < 4.78 is 28.0. The third-order valence-corrected chi connectivity index (χ3v) is 5.12. The molecule has 0 bridgehead atoms. The highest BCUT2D eigenvalue weighted by Crippen LogP contribution is 2.24. The molecule has 0 amide bonds. The van der Waals surface area contributed by atoms with Crippen LogP contribution in [-0.4, -0.2) is 18.6 Å².